The SMILES string of the molecule is CC[C@@H](C)Nc1cc(C)c(-c2sc(C(=O)NC3CCC3O)nc2C(=O)N2CCC[C@@H]2C)cn1.Cc1cc(NC(C)(C)C)ncc1-c1sc(C(=O)NC2CCC2O)nc1C(=O)N1CCC[C@@H]1C.Cc1cc(NC(C)(C)C)ncc1-c1sc(C(=O)NC2CCOCC2)nc1C(=O)N1CCC[C@@H]1C.Cc1cc(NC(C)(C)C)ncc1-c1sc(C(=O)N[C@@H]2CC[C@H]2O)nc1C(=O)N1CCC[C@@H]1C. The van der Waals surface area contributed by atoms with Crippen LogP contribution in [-0.2, 0) is 4.74 Å². The zero-order chi connectivity index (χ0) is 96.0. The molecule has 0 spiro atoms. The molecule has 133 heavy (non-hydrogen) atoms. The number of nitrogens with one attached hydrogen (secondary N) is 8. The third kappa shape index (κ3) is 24.8. The molecule has 3 saturated carbocycles. The quantitative estimate of drug-likeness (QED) is 0.0300. The normalized spacial score (nSPS) is 22.0. The lowest BCUT2D eigenvalue weighted by Crippen LogP contribution is -2.50. The van der Waals surface area contributed by atoms with Crippen molar-refractivity contribution in [1.29, 1.82) is 0 Å². The second-order valence-electron chi connectivity index (χ2n) is 39.9. The second-order valence-corrected chi connectivity index (χ2v) is 43.9. The van der Waals surface area contributed by atoms with E-state index in [4.69, 9.17) is 4.74 Å². The number of hydrogen-bond donors (Lipinski definition) is 11. The van der Waals surface area contributed by atoms with Crippen molar-refractivity contribution in [2.24, 2.45) is 0 Å². The van der Waals surface area contributed by atoms with Crippen molar-refractivity contribution in [2.75, 3.05) is 60.7 Å². The van der Waals surface area contributed by atoms with Crippen LogP contribution in [0, 0.1) is 27.7 Å². The van der Waals surface area contributed by atoms with E-state index in [1.807, 2.05) is 92.3 Å². The molecule has 13 heterocycles. The van der Waals surface area contributed by atoms with Gasteiger partial charge in [-0.3, -0.25) is 38.4 Å². The van der Waals surface area contributed by atoms with Gasteiger partial charge in [0, 0.05) is 139 Å². The number of rotatable bonds is 22. The molecular formula is C97H134N20O12S4. The molecule has 5 aliphatic heterocycles. The van der Waals surface area contributed by atoms with Crippen molar-refractivity contribution in [1.82, 2.24) is 80.7 Å². The van der Waals surface area contributed by atoms with Gasteiger partial charge in [0.1, 0.15) is 46.0 Å². The number of aliphatic hydroxyl groups excluding tert-OH is 3. The fourth-order valence-corrected chi connectivity index (χ4v) is 21.3. The lowest BCUT2D eigenvalue weighted by Gasteiger charge is -2.32. The highest BCUT2D eigenvalue weighted by molar-refractivity contribution is 7.18. The molecule has 32 nitrogen and oxygen atoms in total. The molecule has 8 fully saturated rings. The first-order valence-corrected chi connectivity index (χ1v) is 50.4. The topological polar surface area (TPSA) is 419 Å². The molecule has 8 amide bonds. The summed E-state index contributed by atoms with van der Waals surface area (Å²) in [6, 6.07) is 8.07. The van der Waals surface area contributed by atoms with Crippen molar-refractivity contribution in [3.05, 3.63) is 114 Å². The molecule has 5 saturated heterocycles. The van der Waals surface area contributed by atoms with Crippen molar-refractivity contribution >= 4 is 116 Å². The molecular weight excluding hydrogens is 1770 g/mol. The Morgan fingerprint density at radius 1 is 0.391 bits per heavy atom. The predicted molar refractivity (Wildman–Crippen MR) is 524 cm³/mol. The van der Waals surface area contributed by atoms with Gasteiger partial charge in [0.15, 0.2) is 20.0 Å². The molecule has 718 valence electrons. The Morgan fingerprint density at radius 2 is 0.647 bits per heavy atom. The number of ether oxygens (including phenoxy) is 1. The first-order valence-electron chi connectivity index (χ1n) is 47.1. The van der Waals surface area contributed by atoms with Gasteiger partial charge in [0.25, 0.3) is 47.3 Å². The summed E-state index contributed by atoms with van der Waals surface area (Å²) in [5.41, 5.74) is 7.94. The van der Waals surface area contributed by atoms with Gasteiger partial charge >= 0.3 is 0 Å². The molecule has 4 unspecified atom stereocenters. The van der Waals surface area contributed by atoms with Crippen LogP contribution in [-0.4, -0.2) is 251 Å². The number of hydrogen-bond acceptors (Lipinski definition) is 28. The van der Waals surface area contributed by atoms with E-state index in [9.17, 15) is 53.7 Å². The molecule has 36 heteroatoms. The monoisotopic (exact) mass is 1900 g/mol. The number of thiazole rings is 4. The van der Waals surface area contributed by atoms with E-state index < -0.39 is 18.3 Å². The van der Waals surface area contributed by atoms with Crippen molar-refractivity contribution in [3.63, 3.8) is 0 Å². The van der Waals surface area contributed by atoms with E-state index in [1.54, 1.807) is 24.8 Å². The average molecular weight is 1900 g/mol. The standard InChI is InChI=1S/C25H35N5O3S.3C24H33N5O3S/c1-15-13-19(29-25(3,4)5)26-14-18(15)21-20(24(32)30-10-6-7-16(30)2)28-23(34-21)22(31)27-17-8-11-33-12-9-17;2*1-13-11-18(28-24(3,4)5)25-12-15(13)20-19(23(32)29-10-6-7-14(29)2)27-22(33-20)21(31)26-16-8-9-17(16)30;1-5-14(3)26-19-11-13(2)16(12-25-19)21-20(24(32)29-10-6-7-15(29)4)28-23(33-21)22(31)27-17-8-9-18(17)30/h13-14,16-17H,6-12H2,1-5H3,(H,26,29)(H,27,31);2*11-12,14,16-17,30H,6-10H2,1-5H3,(H,25,28)(H,26,31);11-12,14-15,17-18,30H,5-10H2,1-4H3,(H,25,26)(H,27,31)/t16-;14-,16?,17?;14-,16+,17+;14-,15+,17?,18?/m0001/s1. The number of aromatic nitrogens is 8. The number of carbonyl (C=O) groups excluding carboxylic acids is 8. The Labute approximate surface area is 796 Å². The van der Waals surface area contributed by atoms with Gasteiger partial charge < -0.3 is 82.2 Å². The number of likely N-dealkylation sites (tertiary alicyclic amines) is 4. The molecule has 8 aliphatic rings. The van der Waals surface area contributed by atoms with E-state index in [0.29, 0.717) is 112 Å². The second kappa shape index (κ2) is 42.9. The lowest BCUT2D eigenvalue weighted by molar-refractivity contribution is 0.0447. The molecule has 0 bridgehead atoms. The van der Waals surface area contributed by atoms with E-state index in [2.05, 4.69) is 165 Å². The van der Waals surface area contributed by atoms with Crippen LogP contribution in [0.4, 0.5) is 23.3 Å². The Balaban J connectivity index is 0.000000151. The zero-order valence-corrected chi connectivity index (χ0v) is 83.6. The molecule has 11 atom stereocenters. The third-order valence-electron chi connectivity index (χ3n) is 25.5. The van der Waals surface area contributed by atoms with Crippen molar-refractivity contribution in [2.45, 2.75) is 330 Å². The van der Waals surface area contributed by atoms with Crippen molar-refractivity contribution < 1.29 is 58.4 Å². The number of amides is 8. The number of aryl methyl sites for hydroxylation is 4. The van der Waals surface area contributed by atoms with Gasteiger partial charge in [-0.2, -0.15) is 0 Å². The minimum Gasteiger partial charge on any atom is -0.391 e. The molecule has 16 rings (SSSR count). The average Bonchev–Trinajstić information content (AvgIpc) is 1.67. The minimum atomic E-state index is -0.519. The number of carbonyl (C=O) groups is 8. The predicted octanol–water partition coefficient (Wildman–Crippen LogP) is 15.1. The van der Waals surface area contributed by atoms with E-state index in [-0.39, 0.29) is 127 Å². The van der Waals surface area contributed by atoms with Crippen LogP contribution in [0.5, 0.6) is 0 Å². The molecule has 8 aromatic rings. The van der Waals surface area contributed by atoms with Crippen LogP contribution in [0.1, 0.15) is 316 Å². The third-order valence-corrected chi connectivity index (χ3v) is 29.9. The van der Waals surface area contributed by atoms with Crippen LogP contribution < -0.4 is 42.5 Å². The van der Waals surface area contributed by atoms with E-state index >= 15 is 0 Å². The number of nitrogens with zero attached hydrogens (tertiary/aromatic N) is 12. The molecule has 0 aromatic carbocycles. The van der Waals surface area contributed by atoms with Gasteiger partial charge in [-0.15, -0.1) is 45.3 Å². The summed E-state index contributed by atoms with van der Waals surface area (Å²) in [6.45, 7) is 43.1. The molecule has 8 aromatic heterocycles. The highest BCUT2D eigenvalue weighted by Gasteiger charge is 2.41. The van der Waals surface area contributed by atoms with Crippen molar-refractivity contribution in [3.8, 4) is 41.8 Å². The molecule has 11 N–H and O–H groups in total. The summed E-state index contributed by atoms with van der Waals surface area (Å²) < 4.78 is 5.39. The van der Waals surface area contributed by atoms with Gasteiger partial charge in [0.05, 0.1) is 55.9 Å². The summed E-state index contributed by atoms with van der Waals surface area (Å²) in [6.07, 6.45) is 20.1. The van der Waals surface area contributed by atoms with Crippen LogP contribution in [0.25, 0.3) is 41.8 Å². The molecule has 3 aliphatic carbocycles. The smallest absolute Gasteiger partial charge is 0.280 e. The Morgan fingerprint density at radius 3 is 0.865 bits per heavy atom. The van der Waals surface area contributed by atoms with E-state index in [0.717, 1.165) is 158 Å². The largest absolute Gasteiger partial charge is 0.391 e. The Bertz CT molecular complexity index is 5380. The summed E-state index contributed by atoms with van der Waals surface area (Å²) in [7, 11) is 0. The van der Waals surface area contributed by atoms with Gasteiger partial charge in [-0.05, 0) is 280 Å². The lowest BCUT2D eigenvalue weighted by atomic mass is 9.89. The summed E-state index contributed by atoms with van der Waals surface area (Å²) in [4.78, 5) is 152. The van der Waals surface area contributed by atoms with Gasteiger partial charge in [0.2, 0.25) is 0 Å². The van der Waals surface area contributed by atoms with E-state index in [1.165, 1.54) is 45.3 Å². The summed E-state index contributed by atoms with van der Waals surface area (Å²) >= 11 is 4.90. The van der Waals surface area contributed by atoms with Gasteiger partial charge in [-0.1, -0.05) is 6.92 Å². The highest BCUT2D eigenvalue weighted by atomic mass is 32.1. The maximum Gasteiger partial charge on any atom is 0.280 e. The minimum absolute atomic E-state index is 0.0671. The summed E-state index contributed by atoms with van der Waals surface area (Å²) in [5, 5.41) is 55.6. The zero-order valence-electron chi connectivity index (χ0n) is 80.3. The maximum atomic E-state index is 13.5. The summed E-state index contributed by atoms with van der Waals surface area (Å²) in [5.74, 6) is 1.23. The fraction of sp³-hybridized carbons (Fsp3) is 0.588. The van der Waals surface area contributed by atoms with Gasteiger partial charge in [-0.25, -0.2) is 39.9 Å². The van der Waals surface area contributed by atoms with Crippen LogP contribution in [0.15, 0.2) is 49.1 Å². The van der Waals surface area contributed by atoms with Crippen LogP contribution in [0.2, 0.25) is 0 Å². The first kappa shape index (κ1) is 100. The fourth-order valence-electron chi connectivity index (χ4n) is 17.2. The Kier molecular flexibility index (Phi) is 32.4. The maximum absolute atomic E-state index is 13.5. The number of aliphatic hydroxyl groups is 3. The highest BCUT2D eigenvalue weighted by Crippen LogP contribution is 2.42. The van der Waals surface area contributed by atoms with Crippen LogP contribution in [0.3, 0.4) is 0 Å². The Hall–Kier alpha value is -10.1. The first-order chi connectivity index (χ1) is 63.0. The number of anilines is 4. The molecule has 0 radical (unpaired) electrons. The van der Waals surface area contributed by atoms with Crippen LogP contribution >= 0.6 is 45.3 Å². The number of pyridine rings is 4.